The SMILES string of the molecule is COc1cc(/C=C2\OCCN=C2NCNc2ccc(F)cc2)ccc1-n1cnc(C)c1. The fourth-order valence-electron chi connectivity index (χ4n) is 3.21. The van der Waals surface area contributed by atoms with Gasteiger partial charge in [0, 0.05) is 11.9 Å². The van der Waals surface area contributed by atoms with Gasteiger partial charge in [-0.1, -0.05) is 6.07 Å². The first-order valence-corrected chi connectivity index (χ1v) is 9.94. The third-order valence-corrected chi connectivity index (χ3v) is 4.74. The number of amidine groups is 1. The molecular formula is C23H24FN5O2. The number of imidazole rings is 1. The van der Waals surface area contributed by atoms with Crippen LogP contribution in [0.15, 0.2) is 65.7 Å². The molecule has 2 heterocycles. The van der Waals surface area contributed by atoms with E-state index in [-0.39, 0.29) is 5.82 Å². The Morgan fingerprint density at radius 2 is 2.03 bits per heavy atom. The van der Waals surface area contributed by atoms with E-state index in [0.29, 0.717) is 31.4 Å². The summed E-state index contributed by atoms with van der Waals surface area (Å²) in [6.07, 6.45) is 5.63. The normalized spacial score (nSPS) is 14.7. The van der Waals surface area contributed by atoms with E-state index in [0.717, 1.165) is 28.4 Å². The monoisotopic (exact) mass is 421 g/mol. The molecule has 7 nitrogen and oxygen atoms in total. The molecule has 0 spiro atoms. The van der Waals surface area contributed by atoms with E-state index in [1.165, 1.54) is 12.1 Å². The fraction of sp³-hybridized carbons (Fsp3) is 0.217. The highest BCUT2D eigenvalue weighted by Crippen LogP contribution is 2.26. The Morgan fingerprint density at radius 1 is 1.19 bits per heavy atom. The molecule has 0 saturated heterocycles. The molecule has 2 aromatic carbocycles. The summed E-state index contributed by atoms with van der Waals surface area (Å²) >= 11 is 0. The first kappa shape index (κ1) is 20.5. The van der Waals surface area contributed by atoms with Crippen molar-refractivity contribution in [1.29, 1.82) is 0 Å². The summed E-state index contributed by atoms with van der Waals surface area (Å²) in [6, 6.07) is 12.1. The van der Waals surface area contributed by atoms with Gasteiger partial charge >= 0.3 is 0 Å². The molecule has 8 heteroatoms. The fourth-order valence-corrected chi connectivity index (χ4v) is 3.21. The molecule has 1 aliphatic heterocycles. The number of hydrogen-bond acceptors (Lipinski definition) is 6. The van der Waals surface area contributed by atoms with Crippen molar-refractivity contribution in [3.05, 3.63) is 77.8 Å². The molecular weight excluding hydrogens is 397 g/mol. The molecule has 3 aromatic rings. The van der Waals surface area contributed by atoms with Gasteiger partial charge in [0.2, 0.25) is 0 Å². The summed E-state index contributed by atoms with van der Waals surface area (Å²) in [5.74, 6) is 1.78. The van der Waals surface area contributed by atoms with Gasteiger partial charge in [-0.2, -0.15) is 0 Å². The van der Waals surface area contributed by atoms with Crippen LogP contribution in [0.5, 0.6) is 5.75 Å². The molecule has 0 fully saturated rings. The van der Waals surface area contributed by atoms with Crippen LogP contribution in [0.1, 0.15) is 11.3 Å². The van der Waals surface area contributed by atoms with E-state index in [9.17, 15) is 4.39 Å². The number of nitrogens with zero attached hydrogens (tertiary/aromatic N) is 3. The standard InChI is InChI=1S/C23H24FN5O2/c1-16-13-29(15-28-16)20-8-3-17(11-21(20)30-2)12-22-23(25-9-10-31-22)27-14-26-19-6-4-18(24)5-7-19/h3-8,11-13,15,26H,9-10,14H2,1-2H3,(H,25,27)/b22-12-. The average Bonchev–Trinajstić information content (AvgIpc) is 3.22. The molecule has 1 aromatic heterocycles. The first-order valence-electron chi connectivity index (χ1n) is 9.94. The van der Waals surface area contributed by atoms with Gasteiger partial charge < -0.3 is 24.7 Å². The largest absolute Gasteiger partial charge is 0.495 e. The van der Waals surface area contributed by atoms with Crippen molar-refractivity contribution >= 4 is 17.6 Å². The third-order valence-electron chi connectivity index (χ3n) is 4.74. The van der Waals surface area contributed by atoms with Gasteiger partial charge in [-0.05, 0) is 55.0 Å². The molecule has 0 amide bonds. The number of hydrogen-bond donors (Lipinski definition) is 2. The number of rotatable bonds is 6. The number of halogens is 1. The Kier molecular flexibility index (Phi) is 6.16. The van der Waals surface area contributed by atoms with Crippen LogP contribution < -0.4 is 15.4 Å². The summed E-state index contributed by atoms with van der Waals surface area (Å²) in [7, 11) is 1.65. The van der Waals surface area contributed by atoms with Crippen LogP contribution >= 0.6 is 0 Å². The van der Waals surface area contributed by atoms with Crippen LogP contribution in [0.2, 0.25) is 0 Å². The highest BCUT2D eigenvalue weighted by atomic mass is 19.1. The van der Waals surface area contributed by atoms with Gasteiger partial charge in [0.25, 0.3) is 0 Å². The van der Waals surface area contributed by atoms with Crippen LogP contribution in [0.3, 0.4) is 0 Å². The minimum Gasteiger partial charge on any atom is -0.495 e. The molecule has 2 N–H and O–H groups in total. The van der Waals surface area contributed by atoms with E-state index < -0.39 is 0 Å². The predicted octanol–water partition coefficient (Wildman–Crippen LogP) is 3.76. The second-order valence-corrected chi connectivity index (χ2v) is 6.98. The summed E-state index contributed by atoms with van der Waals surface area (Å²) in [5.41, 5.74) is 3.58. The third kappa shape index (κ3) is 5.03. The van der Waals surface area contributed by atoms with Crippen molar-refractivity contribution in [2.45, 2.75) is 6.92 Å². The molecule has 0 atom stereocenters. The second kappa shape index (κ2) is 9.34. The Morgan fingerprint density at radius 3 is 2.77 bits per heavy atom. The van der Waals surface area contributed by atoms with Crippen molar-refractivity contribution in [1.82, 2.24) is 14.9 Å². The number of nitrogens with one attached hydrogen (secondary N) is 2. The molecule has 4 rings (SSSR count). The number of aryl methyl sites for hydroxylation is 1. The quantitative estimate of drug-likeness (QED) is 0.593. The lowest BCUT2D eigenvalue weighted by atomic mass is 10.1. The van der Waals surface area contributed by atoms with Crippen LogP contribution in [-0.2, 0) is 4.74 Å². The zero-order valence-electron chi connectivity index (χ0n) is 17.4. The van der Waals surface area contributed by atoms with Crippen LogP contribution in [-0.4, -0.2) is 42.3 Å². The smallest absolute Gasteiger partial charge is 0.165 e. The van der Waals surface area contributed by atoms with Crippen molar-refractivity contribution < 1.29 is 13.9 Å². The molecule has 0 unspecified atom stereocenters. The van der Waals surface area contributed by atoms with Gasteiger partial charge in [0.15, 0.2) is 11.6 Å². The number of benzene rings is 2. The minimum atomic E-state index is -0.265. The number of ether oxygens (including phenoxy) is 2. The number of aliphatic imine (C=N–C) groups is 1. The summed E-state index contributed by atoms with van der Waals surface area (Å²) in [5, 5.41) is 6.41. The van der Waals surface area contributed by atoms with E-state index in [1.807, 2.05) is 42.0 Å². The van der Waals surface area contributed by atoms with Crippen LogP contribution in [0, 0.1) is 12.7 Å². The molecule has 0 aliphatic carbocycles. The summed E-state index contributed by atoms with van der Waals surface area (Å²) < 4.78 is 26.4. The van der Waals surface area contributed by atoms with Crippen LogP contribution in [0.4, 0.5) is 10.1 Å². The summed E-state index contributed by atoms with van der Waals surface area (Å²) in [6.45, 7) is 3.47. The molecule has 0 radical (unpaired) electrons. The molecule has 0 saturated carbocycles. The lowest BCUT2D eigenvalue weighted by molar-refractivity contribution is 0.232. The van der Waals surface area contributed by atoms with Crippen molar-refractivity contribution in [3.8, 4) is 11.4 Å². The maximum atomic E-state index is 13.0. The van der Waals surface area contributed by atoms with Gasteiger partial charge in [0.05, 0.1) is 38.0 Å². The lowest BCUT2D eigenvalue weighted by Gasteiger charge is -2.19. The Hall–Kier alpha value is -3.81. The lowest BCUT2D eigenvalue weighted by Crippen LogP contribution is -2.34. The number of methoxy groups -OCH3 is 1. The number of aromatic nitrogens is 2. The Labute approximate surface area is 180 Å². The predicted molar refractivity (Wildman–Crippen MR) is 119 cm³/mol. The van der Waals surface area contributed by atoms with Crippen LogP contribution in [0.25, 0.3) is 11.8 Å². The zero-order valence-corrected chi connectivity index (χ0v) is 17.4. The Bertz CT molecular complexity index is 1110. The maximum absolute atomic E-state index is 13.0. The van der Waals surface area contributed by atoms with Gasteiger partial charge in [-0.3, -0.25) is 4.99 Å². The summed E-state index contributed by atoms with van der Waals surface area (Å²) in [4.78, 5) is 8.81. The maximum Gasteiger partial charge on any atom is 0.165 e. The minimum absolute atomic E-state index is 0.265. The van der Waals surface area contributed by atoms with Crippen molar-refractivity contribution in [3.63, 3.8) is 0 Å². The van der Waals surface area contributed by atoms with E-state index in [4.69, 9.17) is 9.47 Å². The molecule has 0 bridgehead atoms. The zero-order chi connectivity index (χ0) is 21.6. The highest BCUT2D eigenvalue weighted by molar-refractivity contribution is 6.00. The molecule has 1 aliphatic rings. The highest BCUT2D eigenvalue weighted by Gasteiger charge is 2.14. The molecule has 160 valence electrons. The van der Waals surface area contributed by atoms with Gasteiger partial charge in [0.1, 0.15) is 18.2 Å². The first-order chi connectivity index (χ1) is 15.1. The topological polar surface area (TPSA) is 72.7 Å². The number of anilines is 1. The van der Waals surface area contributed by atoms with Crippen molar-refractivity contribution in [2.24, 2.45) is 4.99 Å². The Balaban J connectivity index is 1.48. The second-order valence-electron chi connectivity index (χ2n) is 6.98. The van der Waals surface area contributed by atoms with E-state index >= 15 is 0 Å². The van der Waals surface area contributed by atoms with E-state index in [1.54, 1.807) is 25.6 Å². The van der Waals surface area contributed by atoms with Gasteiger partial charge in [-0.15, -0.1) is 0 Å². The van der Waals surface area contributed by atoms with Crippen molar-refractivity contribution in [2.75, 3.05) is 32.2 Å². The van der Waals surface area contributed by atoms with Gasteiger partial charge in [-0.25, -0.2) is 9.37 Å². The van der Waals surface area contributed by atoms with E-state index in [2.05, 4.69) is 20.6 Å². The molecule has 31 heavy (non-hydrogen) atoms. The average molecular weight is 421 g/mol.